The van der Waals surface area contributed by atoms with Gasteiger partial charge in [-0.2, -0.15) is 0 Å². The molecule has 1 unspecified atom stereocenters. The zero-order chi connectivity index (χ0) is 17.5. The van der Waals surface area contributed by atoms with Crippen molar-refractivity contribution >= 4 is 42.0 Å². The van der Waals surface area contributed by atoms with Crippen molar-refractivity contribution in [2.24, 2.45) is 0 Å². The van der Waals surface area contributed by atoms with E-state index in [1.807, 2.05) is 0 Å². The molecular formula is C14H26Cl2N2O6. The van der Waals surface area contributed by atoms with Crippen LogP contribution >= 0.6 is 24.0 Å². The summed E-state index contributed by atoms with van der Waals surface area (Å²) >= 11 is 5.49. The van der Waals surface area contributed by atoms with Crippen LogP contribution < -0.4 is 10.6 Å². The van der Waals surface area contributed by atoms with Crippen LogP contribution in [0.4, 0.5) is 4.79 Å². The van der Waals surface area contributed by atoms with E-state index >= 15 is 0 Å². The van der Waals surface area contributed by atoms with Crippen molar-refractivity contribution in [2.75, 3.05) is 38.8 Å². The van der Waals surface area contributed by atoms with Gasteiger partial charge in [-0.05, 0) is 20.3 Å². The van der Waals surface area contributed by atoms with Gasteiger partial charge in [0, 0.05) is 25.4 Å². The Labute approximate surface area is 153 Å². The van der Waals surface area contributed by atoms with Crippen LogP contribution in [0.5, 0.6) is 0 Å². The minimum absolute atomic E-state index is 0. The lowest BCUT2D eigenvalue weighted by Crippen LogP contribution is -2.43. The second-order valence-corrected chi connectivity index (χ2v) is 4.75. The standard InChI is InChI=1S/C14H25ClN2O6.ClH/c1-3-21-12(18)6-5-11(13(19)22-4-2)17-14(20)23-10-9-16-8-7-15;/h11,16H,3-10H2,1-2H3,(H,17,20);1H. The highest BCUT2D eigenvalue weighted by atomic mass is 35.5. The van der Waals surface area contributed by atoms with E-state index in [1.165, 1.54) is 0 Å². The number of hydrogen-bond acceptors (Lipinski definition) is 7. The monoisotopic (exact) mass is 388 g/mol. The van der Waals surface area contributed by atoms with Crippen molar-refractivity contribution in [2.45, 2.75) is 32.7 Å². The molecule has 0 aromatic carbocycles. The van der Waals surface area contributed by atoms with E-state index in [-0.39, 0.29) is 45.1 Å². The number of halogens is 2. The molecule has 1 atom stereocenters. The number of rotatable bonds is 12. The first kappa shape index (κ1) is 25.0. The summed E-state index contributed by atoms with van der Waals surface area (Å²) in [6.45, 7) is 4.97. The fourth-order valence-corrected chi connectivity index (χ4v) is 1.71. The Balaban J connectivity index is 0. The Morgan fingerprint density at radius 3 is 2.29 bits per heavy atom. The highest BCUT2D eigenvalue weighted by Gasteiger charge is 2.23. The summed E-state index contributed by atoms with van der Waals surface area (Å²) in [5.74, 6) is -0.596. The second-order valence-electron chi connectivity index (χ2n) is 4.37. The van der Waals surface area contributed by atoms with Crippen LogP contribution in [0, 0.1) is 0 Å². The molecule has 1 amide bonds. The quantitative estimate of drug-likeness (QED) is 0.224. The summed E-state index contributed by atoms with van der Waals surface area (Å²) in [6.07, 6.45) is -0.675. The van der Waals surface area contributed by atoms with Crippen molar-refractivity contribution in [1.82, 2.24) is 10.6 Å². The maximum Gasteiger partial charge on any atom is 0.407 e. The normalized spacial score (nSPS) is 11.0. The topological polar surface area (TPSA) is 103 Å². The van der Waals surface area contributed by atoms with Gasteiger partial charge in [-0.25, -0.2) is 9.59 Å². The second kappa shape index (κ2) is 16.6. The third kappa shape index (κ3) is 13.2. The molecule has 0 saturated heterocycles. The summed E-state index contributed by atoms with van der Waals surface area (Å²) in [6, 6.07) is -0.956. The molecule has 2 N–H and O–H groups in total. The third-order valence-corrected chi connectivity index (χ3v) is 2.78. The first-order valence-electron chi connectivity index (χ1n) is 7.57. The van der Waals surface area contributed by atoms with E-state index in [2.05, 4.69) is 10.6 Å². The molecule has 0 bridgehead atoms. The third-order valence-electron chi connectivity index (χ3n) is 2.59. The minimum atomic E-state index is -0.956. The van der Waals surface area contributed by atoms with Gasteiger partial charge in [0.15, 0.2) is 0 Å². The van der Waals surface area contributed by atoms with E-state index in [0.717, 1.165) is 0 Å². The van der Waals surface area contributed by atoms with E-state index in [4.69, 9.17) is 25.8 Å². The van der Waals surface area contributed by atoms with Crippen LogP contribution in [-0.4, -0.2) is 62.9 Å². The van der Waals surface area contributed by atoms with E-state index in [9.17, 15) is 14.4 Å². The molecular weight excluding hydrogens is 363 g/mol. The molecule has 0 aromatic heterocycles. The average molecular weight is 389 g/mol. The van der Waals surface area contributed by atoms with Crippen molar-refractivity contribution in [1.29, 1.82) is 0 Å². The van der Waals surface area contributed by atoms with Crippen molar-refractivity contribution < 1.29 is 28.6 Å². The van der Waals surface area contributed by atoms with Gasteiger partial charge in [0.2, 0.25) is 0 Å². The lowest BCUT2D eigenvalue weighted by molar-refractivity contribution is -0.147. The van der Waals surface area contributed by atoms with Crippen molar-refractivity contribution in [3.8, 4) is 0 Å². The summed E-state index contributed by atoms with van der Waals surface area (Å²) in [7, 11) is 0. The van der Waals surface area contributed by atoms with Crippen molar-refractivity contribution in [3.05, 3.63) is 0 Å². The first-order valence-corrected chi connectivity index (χ1v) is 8.10. The van der Waals surface area contributed by atoms with Crippen LogP contribution in [0.1, 0.15) is 26.7 Å². The van der Waals surface area contributed by atoms with E-state index in [1.54, 1.807) is 13.8 Å². The Kier molecular flexibility index (Phi) is 17.3. The van der Waals surface area contributed by atoms with Gasteiger partial charge >= 0.3 is 18.0 Å². The summed E-state index contributed by atoms with van der Waals surface area (Å²) in [4.78, 5) is 34.8. The number of hydrogen-bond donors (Lipinski definition) is 2. The highest BCUT2D eigenvalue weighted by molar-refractivity contribution is 6.18. The molecule has 0 aliphatic carbocycles. The number of esters is 2. The van der Waals surface area contributed by atoms with Gasteiger partial charge in [-0.3, -0.25) is 4.79 Å². The Morgan fingerprint density at radius 2 is 1.71 bits per heavy atom. The maximum atomic E-state index is 11.8. The zero-order valence-electron chi connectivity index (χ0n) is 14.0. The summed E-state index contributed by atoms with van der Waals surface area (Å²) in [5.41, 5.74) is 0. The SMILES string of the molecule is CCOC(=O)CCC(NC(=O)OCCNCCCl)C(=O)OCC.Cl. The van der Waals surface area contributed by atoms with Gasteiger partial charge in [0.05, 0.1) is 13.2 Å². The first-order chi connectivity index (χ1) is 11.0. The molecule has 0 spiro atoms. The fourth-order valence-electron chi connectivity index (χ4n) is 1.58. The highest BCUT2D eigenvalue weighted by Crippen LogP contribution is 2.03. The molecule has 0 heterocycles. The van der Waals surface area contributed by atoms with Crippen LogP contribution in [0.3, 0.4) is 0 Å². The largest absolute Gasteiger partial charge is 0.466 e. The number of carbonyl (C=O) groups is 3. The number of amides is 1. The van der Waals surface area contributed by atoms with E-state index in [0.29, 0.717) is 19.0 Å². The smallest absolute Gasteiger partial charge is 0.407 e. The van der Waals surface area contributed by atoms with Gasteiger partial charge in [0.25, 0.3) is 0 Å². The van der Waals surface area contributed by atoms with Gasteiger partial charge in [-0.15, -0.1) is 24.0 Å². The Hall–Kier alpha value is -1.25. The van der Waals surface area contributed by atoms with Crippen molar-refractivity contribution in [3.63, 3.8) is 0 Å². The Morgan fingerprint density at radius 1 is 1.04 bits per heavy atom. The number of ether oxygens (including phenoxy) is 3. The summed E-state index contributed by atoms with van der Waals surface area (Å²) < 4.78 is 14.6. The fraction of sp³-hybridized carbons (Fsp3) is 0.786. The van der Waals surface area contributed by atoms with Gasteiger partial charge < -0.3 is 24.8 Å². The molecule has 8 nitrogen and oxygen atoms in total. The molecule has 0 rings (SSSR count). The predicted octanol–water partition coefficient (Wildman–Crippen LogP) is 1.24. The molecule has 0 aliphatic heterocycles. The molecule has 10 heteroatoms. The zero-order valence-corrected chi connectivity index (χ0v) is 15.5. The van der Waals surface area contributed by atoms with Gasteiger partial charge in [-0.1, -0.05) is 0 Å². The van der Waals surface area contributed by atoms with Gasteiger partial charge in [0.1, 0.15) is 12.6 Å². The average Bonchev–Trinajstić information content (AvgIpc) is 2.51. The predicted molar refractivity (Wildman–Crippen MR) is 91.6 cm³/mol. The molecule has 0 fully saturated rings. The molecule has 142 valence electrons. The van der Waals surface area contributed by atoms with E-state index < -0.39 is 24.1 Å². The number of nitrogens with one attached hydrogen (secondary N) is 2. The van der Waals surface area contributed by atoms with Crippen LogP contribution in [-0.2, 0) is 23.8 Å². The number of carbonyl (C=O) groups excluding carboxylic acids is 3. The number of alkyl halides is 1. The van der Waals surface area contributed by atoms with Crippen LogP contribution in [0.25, 0.3) is 0 Å². The molecule has 0 aromatic rings. The Bertz CT molecular complexity index is 371. The maximum absolute atomic E-state index is 11.8. The molecule has 0 radical (unpaired) electrons. The molecule has 24 heavy (non-hydrogen) atoms. The van der Waals surface area contributed by atoms with Crippen LogP contribution in [0.2, 0.25) is 0 Å². The van der Waals surface area contributed by atoms with Crippen LogP contribution in [0.15, 0.2) is 0 Å². The lowest BCUT2D eigenvalue weighted by atomic mass is 10.1. The summed E-state index contributed by atoms with van der Waals surface area (Å²) in [5, 5.41) is 5.34. The molecule has 0 saturated carbocycles. The molecule has 0 aliphatic rings. The minimum Gasteiger partial charge on any atom is -0.466 e. The number of alkyl carbamates (subject to hydrolysis) is 1. The lowest BCUT2D eigenvalue weighted by Gasteiger charge is -2.17.